The van der Waals surface area contributed by atoms with Gasteiger partial charge in [0.2, 0.25) is 0 Å². The van der Waals surface area contributed by atoms with Gasteiger partial charge in [-0.2, -0.15) is 0 Å². The van der Waals surface area contributed by atoms with Gasteiger partial charge in [-0.05, 0) is 37.0 Å². The summed E-state index contributed by atoms with van der Waals surface area (Å²) in [7, 11) is 0. The summed E-state index contributed by atoms with van der Waals surface area (Å²) in [6.45, 7) is 4.24. The lowest BCUT2D eigenvalue weighted by Gasteiger charge is -2.36. The van der Waals surface area contributed by atoms with Gasteiger partial charge in [-0.25, -0.2) is 4.98 Å². The standard InChI is InChI=1S/C27H25BrN2O2S/c1-2-15-30-25(32)23-24(21-8-4-3-7-19(21)16-27(23)13-5-6-14-27)29-26(30)33-17-22(31)18-9-11-20(28)12-10-18/h2-4,7-12H,1,5-6,13-17H2. The zero-order valence-electron chi connectivity index (χ0n) is 18.4. The molecule has 1 aromatic heterocycles. The zero-order valence-corrected chi connectivity index (χ0v) is 20.8. The number of hydrogen-bond acceptors (Lipinski definition) is 4. The van der Waals surface area contributed by atoms with Crippen LogP contribution in [0.3, 0.4) is 0 Å². The number of hydrogen-bond donors (Lipinski definition) is 0. The molecule has 0 saturated heterocycles. The Balaban J connectivity index is 1.59. The number of halogens is 1. The Kier molecular flexibility index (Phi) is 6.14. The molecule has 1 heterocycles. The summed E-state index contributed by atoms with van der Waals surface area (Å²) in [5, 5.41) is 0.578. The Hall–Kier alpha value is -2.44. The number of allylic oxidation sites excluding steroid dienone is 1. The molecule has 0 radical (unpaired) electrons. The highest BCUT2D eigenvalue weighted by Gasteiger charge is 2.44. The van der Waals surface area contributed by atoms with Gasteiger partial charge in [0.25, 0.3) is 5.56 Å². The van der Waals surface area contributed by atoms with Crippen LogP contribution in [0.5, 0.6) is 0 Å². The number of aromatic nitrogens is 2. The van der Waals surface area contributed by atoms with E-state index < -0.39 is 0 Å². The molecule has 1 fully saturated rings. The molecule has 6 heteroatoms. The minimum atomic E-state index is -0.132. The van der Waals surface area contributed by atoms with Crippen LogP contribution in [0.1, 0.15) is 47.2 Å². The average molecular weight is 521 g/mol. The van der Waals surface area contributed by atoms with Gasteiger partial charge in [0.1, 0.15) is 0 Å². The van der Waals surface area contributed by atoms with E-state index in [-0.39, 0.29) is 22.5 Å². The summed E-state index contributed by atoms with van der Waals surface area (Å²) < 4.78 is 2.64. The highest BCUT2D eigenvalue weighted by atomic mass is 79.9. The fourth-order valence-electron chi connectivity index (χ4n) is 5.29. The molecular weight excluding hydrogens is 496 g/mol. The topological polar surface area (TPSA) is 52.0 Å². The van der Waals surface area contributed by atoms with Gasteiger partial charge < -0.3 is 0 Å². The van der Waals surface area contributed by atoms with E-state index in [1.807, 2.05) is 30.3 Å². The summed E-state index contributed by atoms with van der Waals surface area (Å²) in [6, 6.07) is 15.7. The minimum Gasteiger partial charge on any atom is -0.293 e. The van der Waals surface area contributed by atoms with Crippen molar-refractivity contribution in [3.8, 4) is 11.3 Å². The summed E-state index contributed by atoms with van der Waals surface area (Å²) in [6.07, 6.45) is 6.95. The predicted octanol–water partition coefficient (Wildman–Crippen LogP) is 6.20. The number of Topliss-reactive ketones (excluding diaryl/α,β-unsaturated/α-hetero) is 1. The number of rotatable bonds is 6. The summed E-state index contributed by atoms with van der Waals surface area (Å²) in [5.41, 5.74) is 4.53. The minimum absolute atomic E-state index is 0.0114. The Labute approximate surface area is 206 Å². The molecule has 2 aliphatic rings. The van der Waals surface area contributed by atoms with Crippen molar-refractivity contribution in [2.24, 2.45) is 0 Å². The van der Waals surface area contributed by atoms with Crippen molar-refractivity contribution in [2.45, 2.75) is 49.2 Å². The monoisotopic (exact) mass is 520 g/mol. The molecule has 0 unspecified atom stereocenters. The van der Waals surface area contributed by atoms with Crippen molar-refractivity contribution in [1.82, 2.24) is 9.55 Å². The molecule has 0 atom stereocenters. The molecular formula is C27H25BrN2O2S. The largest absolute Gasteiger partial charge is 0.293 e. The molecule has 0 N–H and O–H groups in total. The first-order valence-corrected chi connectivity index (χ1v) is 13.1. The predicted molar refractivity (Wildman–Crippen MR) is 137 cm³/mol. The van der Waals surface area contributed by atoms with E-state index in [1.54, 1.807) is 10.6 Å². The number of fused-ring (bicyclic) bond motifs is 4. The van der Waals surface area contributed by atoms with Crippen LogP contribution in [0, 0.1) is 0 Å². The van der Waals surface area contributed by atoms with Gasteiger partial charge in [-0.1, -0.05) is 83.0 Å². The van der Waals surface area contributed by atoms with E-state index in [2.05, 4.69) is 40.7 Å². The Morgan fingerprint density at radius 2 is 1.88 bits per heavy atom. The third kappa shape index (κ3) is 4.04. The maximum Gasteiger partial charge on any atom is 0.258 e. The quantitative estimate of drug-likeness (QED) is 0.168. The zero-order chi connectivity index (χ0) is 23.0. The first-order chi connectivity index (χ1) is 16.0. The lowest BCUT2D eigenvalue weighted by Crippen LogP contribution is -2.40. The van der Waals surface area contributed by atoms with Crippen molar-refractivity contribution in [2.75, 3.05) is 5.75 Å². The highest BCUT2D eigenvalue weighted by Crippen LogP contribution is 2.49. The van der Waals surface area contributed by atoms with Crippen molar-refractivity contribution in [1.29, 1.82) is 0 Å². The van der Waals surface area contributed by atoms with Gasteiger partial charge >= 0.3 is 0 Å². The van der Waals surface area contributed by atoms with E-state index in [9.17, 15) is 9.59 Å². The molecule has 33 heavy (non-hydrogen) atoms. The second-order valence-corrected chi connectivity index (χ2v) is 10.7. The molecule has 5 rings (SSSR count). The van der Waals surface area contributed by atoms with Crippen LogP contribution in [-0.2, 0) is 18.4 Å². The van der Waals surface area contributed by atoms with E-state index in [1.165, 1.54) is 17.3 Å². The van der Waals surface area contributed by atoms with Crippen LogP contribution in [0.4, 0.5) is 0 Å². The van der Waals surface area contributed by atoms with Crippen molar-refractivity contribution >= 4 is 33.5 Å². The summed E-state index contributed by atoms with van der Waals surface area (Å²) >= 11 is 4.73. The number of carbonyl (C=O) groups is 1. The Bertz CT molecular complexity index is 1290. The van der Waals surface area contributed by atoms with E-state index in [0.29, 0.717) is 17.3 Å². The normalized spacial score (nSPS) is 15.8. The van der Waals surface area contributed by atoms with Gasteiger partial charge in [0.05, 0.1) is 17.0 Å². The fourth-order valence-corrected chi connectivity index (χ4v) is 6.45. The van der Waals surface area contributed by atoms with Crippen LogP contribution >= 0.6 is 27.7 Å². The number of thioether (sulfide) groups is 1. The molecule has 4 nitrogen and oxygen atoms in total. The SMILES string of the molecule is C=CCn1c(SCC(=O)c2ccc(Br)cc2)nc2c(c1=O)C1(CCCC1)Cc1ccccc1-2. The third-order valence-corrected chi connectivity index (χ3v) is 8.34. The van der Waals surface area contributed by atoms with Gasteiger partial charge in [0, 0.05) is 27.6 Å². The van der Waals surface area contributed by atoms with Crippen LogP contribution in [0.2, 0.25) is 0 Å². The molecule has 1 spiro atoms. The molecule has 1 saturated carbocycles. The molecule has 0 aliphatic heterocycles. The second kappa shape index (κ2) is 9.07. The van der Waals surface area contributed by atoms with Crippen LogP contribution < -0.4 is 5.56 Å². The smallest absolute Gasteiger partial charge is 0.258 e. The molecule has 2 aliphatic carbocycles. The second-order valence-electron chi connectivity index (χ2n) is 8.86. The third-order valence-electron chi connectivity index (χ3n) is 6.84. The number of nitrogens with zero attached hydrogens (tertiary/aromatic N) is 2. The van der Waals surface area contributed by atoms with Gasteiger partial charge in [0.15, 0.2) is 10.9 Å². The van der Waals surface area contributed by atoms with E-state index >= 15 is 0 Å². The lowest BCUT2D eigenvalue weighted by atomic mass is 9.68. The maximum atomic E-state index is 13.9. The van der Waals surface area contributed by atoms with Crippen LogP contribution in [-0.4, -0.2) is 21.1 Å². The number of carbonyl (C=O) groups excluding carboxylic acids is 1. The Morgan fingerprint density at radius 1 is 1.15 bits per heavy atom. The number of benzene rings is 2. The summed E-state index contributed by atoms with van der Waals surface area (Å²) in [5.74, 6) is 0.230. The van der Waals surface area contributed by atoms with Crippen molar-refractivity contribution in [3.05, 3.63) is 92.7 Å². The van der Waals surface area contributed by atoms with Crippen LogP contribution in [0.25, 0.3) is 11.3 Å². The molecule has 168 valence electrons. The van der Waals surface area contributed by atoms with Crippen molar-refractivity contribution < 1.29 is 4.79 Å². The molecule has 2 aromatic carbocycles. The fraction of sp³-hybridized carbons (Fsp3) is 0.296. The first-order valence-electron chi connectivity index (χ1n) is 11.3. The van der Waals surface area contributed by atoms with Crippen molar-refractivity contribution in [3.63, 3.8) is 0 Å². The van der Waals surface area contributed by atoms with Gasteiger partial charge in [-0.3, -0.25) is 14.2 Å². The van der Waals surface area contributed by atoms with E-state index in [4.69, 9.17) is 4.98 Å². The van der Waals surface area contributed by atoms with E-state index in [0.717, 1.165) is 53.4 Å². The molecule has 0 bridgehead atoms. The summed E-state index contributed by atoms with van der Waals surface area (Å²) in [4.78, 5) is 31.8. The Morgan fingerprint density at radius 3 is 2.61 bits per heavy atom. The molecule has 0 amide bonds. The lowest BCUT2D eigenvalue weighted by molar-refractivity contribution is 0.102. The first kappa shape index (κ1) is 22.4. The van der Waals surface area contributed by atoms with Gasteiger partial charge in [-0.15, -0.1) is 6.58 Å². The molecule has 3 aromatic rings. The average Bonchev–Trinajstić information content (AvgIpc) is 3.28. The maximum absolute atomic E-state index is 13.9. The van der Waals surface area contributed by atoms with Crippen LogP contribution in [0.15, 0.2) is 75.6 Å². The highest BCUT2D eigenvalue weighted by molar-refractivity contribution is 9.10. The number of ketones is 1.